The molecule has 3 N–H and O–H groups in total. The number of nitrogens with one attached hydrogen (secondary N) is 1. The van der Waals surface area contributed by atoms with Crippen molar-refractivity contribution in [2.24, 2.45) is 16.9 Å². The van der Waals surface area contributed by atoms with Crippen molar-refractivity contribution in [3.8, 4) is 0 Å². The summed E-state index contributed by atoms with van der Waals surface area (Å²) in [5.74, 6) is 4.80. The fourth-order valence-corrected chi connectivity index (χ4v) is 0.859. The fourth-order valence-electron chi connectivity index (χ4n) is 0.859. The molecule has 0 bridgehead atoms. The van der Waals surface area contributed by atoms with Gasteiger partial charge in [0.15, 0.2) is 0 Å². The minimum atomic E-state index is -0.0880. The minimum absolute atomic E-state index is 0.0317. The summed E-state index contributed by atoms with van der Waals surface area (Å²) < 4.78 is 0. The Morgan fingerprint density at radius 1 is 1.89 bits per heavy atom. The molecule has 1 rings (SSSR count). The molecule has 0 aromatic carbocycles. The van der Waals surface area contributed by atoms with E-state index in [1.165, 1.54) is 6.21 Å². The molecule has 50 valence electrons. The second kappa shape index (κ2) is 2.48. The molecule has 1 fully saturated rings. The summed E-state index contributed by atoms with van der Waals surface area (Å²) >= 11 is 0. The molecule has 4 nitrogen and oxygen atoms in total. The fraction of sp³-hybridized carbons (Fsp3) is 0.600. The highest BCUT2D eigenvalue weighted by Gasteiger charge is 2.21. The highest BCUT2D eigenvalue weighted by molar-refractivity contribution is 5.94. The summed E-state index contributed by atoms with van der Waals surface area (Å²) in [6, 6.07) is 0. The Kier molecular flexibility index (Phi) is 1.67. The van der Waals surface area contributed by atoms with Crippen molar-refractivity contribution < 1.29 is 4.79 Å². The van der Waals surface area contributed by atoms with Gasteiger partial charge in [-0.1, -0.05) is 0 Å². The molecule has 1 unspecified atom stereocenters. The summed E-state index contributed by atoms with van der Waals surface area (Å²) in [4.78, 5) is 10.7. The van der Waals surface area contributed by atoms with Gasteiger partial charge in [-0.05, 0) is 6.42 Å². The van der Waals surface area contributed by atoms with Crippen LogP contribution in [0.1, 0.15) is 6.42 Å². The third kappa shape index (κ3) is 1.19. The van der Waals surface area contributed by atoms with E-state index in [-0.39, 0.29) is 11.8 Å². The Bertz CT molecular complexity index is 143. The van der Waals surface area contributed by atoms with Crippen LogP contribution >= 0.6 is 0 Å². The van der Waals surface area contributed by atoms with Crippen LogP contribution in [0.3, 0.4) is 0 Å². The number of amides is 1. The predicted octanol–water partition coefficient (Wildman–Crippen LogP) is -0.933. The van der Waals surface area contributed by atoms with Crippen LogP contribution in [0.15, 0.2) is 5.10 Å². The molecule has 1 aliphatic heterocycles. The zero-order valence-electron chi connectivity index (χ0n) is 5.00. The van der Waals surface area contributed by atoms with Gasteiger partial charge in [0, 0.05) is 12.8 Å². The maximum Gasteiger partial charge on any atom is 0.228 e. The van der Waals surface area contributed by atoms with Crippen LogP contribution < -0.4 is 11.2 Å². The predicted molar refractivity (Wildman–Crippen MR) is 33.8 cm³/mol. The Morgan fingerprint density at radius 3 is 3.11 bits per heavy atom. The molecular weight excluding hydrogens is 118 g/mol. The lowest BCUT2D eigenvalue weighted by molar-refractivity contribution is -0.120. The van der Waals surface area contributed by atoms with Crippen LogP contribution in [0.25, 0.3) is 0 Å². The SMILES string of the molecule is N/N=C/C1CCNC1=O. The summed E-state index contributed by atoms with van der Waals surface area (Å²) in [6.45, 7) is 0.746. The van der Waals surface area contributed by atoms with Crippen molar-refractivity contribution in [3.63, 3.8) is 0 Å². The van der Waals surface area contributed by atoms with E-state index in [0.29, 0.717) is 0 Å². The maximum atomic E-state index is 10.7. The standard InChI is InChI=1S/C5H9N3O/c6-8-3-4-1-2-7-5(4)9/h3-4H,1-2,6H2,(H,7,9)/b8-3+. The van der Waals surface area contributed by atoms with E-state index in [0.717, 1.165) is 13.0 Å². The first kappa shape index (κ1) is 6.07. The molecule has 4 heteroatoms. The van der Waals surface area contributed by atoms with Gasteiger partial charge in [-0.2, -0.15) is 5.10 Å². The number of rotatable bonds is 1. The summed E-state index contributed by atoms with van der Waals surface area (Å²) in [7, 11) is 0. The molecule has 1 atom stereocenters. The number of hydrogen-bond donors (Lipinski definition) is 2. The van der Waals surface area contributed by atoms with Crippen molar-refractivity contribution >= 4 is 12.1 Å². The maximum absolute atomic E-state index is 10.7. The largest absolute Gasteiger partial charge is 0.356 e. The van der Waals surface area contributed by atoms with E-state index in [9.17, 15) is 4.79 Å². The van der Waals surface area contributed by atoms with Gasteiger partial charge in [-0.25, -0.2) is 0 Å². The molecule has 1 saturated heterocycles. The first-order chi connectivity index (χ1) is 4.34. The van der Waals surface area contributed by atoms with Crippen molar-refractivity contribution in [1.29, 1.82) is 0 Å². The number of carbonyl (C=O) groups excluding carboxylic acids is 1. The number of nitrogens with zero attached hydrogens (tertiary/aromatic N) is 1. The Morgan fingerprint density at radius 2 is 2.67 bits per heavy atom. The van der Waals surface area contributed by atoms with E-state index < -0.39 is 0 Å². The highest BCUT2D eigenvalue weighted by Crippen LogP contribution is 2.04. The molecule has 9 heavy (non-hydrogen) atoms. The quantitative estimate of drug-likeness (QED) is 0.271. The average Bonchev–Trinajstić information content (AvgIpc) is 2.18. The Balaban J connectivity index is 2.49. The first-order valence-corrected chi connectivity index (χ1v) is 2.85. The van der Waals surface area contributed by atoms with Crippen molar-refractivity contribution in [1.82, 2.24) is 5.32 Å². The van der Waals surface area contributed by atoms with Crippen LogP contribution in [-0.2, 0) is 4.79 Å². The van der Waals surface area contributed by atoms with Crippen LogP contribution in [-0.4, -0.2) is 18.7 Å². The third-order valence-corrected chi connectivity index (χ3v) is 1.36. The van der Waals surface area contributed by atoms with Gasteiger partial charge in [0.2, 0.25) is 5.91 Å². The molecule has 0 aromatic rings. The second-order valence-corrected chi connectivity index (χ2v) is 1.98. The monoisotopic (exact) mass is 127 g/mol. The lowest BCUT2D eigenvalue weighted by Crippen LogP contribution is -2.19. The van der Waals surface area contributed by atoms with Gasteiger partial charge in [0.05, 0.1) is 5.92 Å². The van der Waals surface area contributed by atoms with Crippen LogP contribution in [0.5, 0.6) is 0 Å². The second-order valence-electron chi connectivity index (χ2n) is 1.98. The van der Waals surface area contributed by atoms with Crippen LogP contribution in [0.4, 0.5) is 0 Å². The normalized spacial score (nSPS) is 27.1. The molecule has 1 heterocycles. The van der Waals surface area contributed by atoms with Gasteiger partial charge >= 0.3 is 0 Å². The molecular formula is C5H9N3O. The Labute approximate surface area is 53.1 Å². The average molecular weight is 127 g/mol. The van der Waals surface area contributed by atoms with Gasteiger partial charge in [-0.15, -0.1) is 0 Å². The van der Waals surface area contributed by atoms with Gasteiger partial charge in [-0.3, -0.25) is 4.79 Å². The summed E-state index contributed by atoms with van der Waals surface area (Å²) in [5.41, 5.74) is 0. The first-order valence-electron chi connectivity index (χ1n) is 2.85. The van der Waals surface area contributed by atoms with E-state index >= 15 is 0 Å². The number of hydrogen-bond acceptors (Lipinski definition) is 3. The summed E-state index contributed by atoms with van der Waals surface area (Å²) in [6.07, 6.45) is 2.29. The number of nitrogens with two attached hydrogens (primary N) is 1. The van der Waals surface area contributed by atoms with E-state index in [1.807, 2.05) is 0 Å². The van der Waals surface area contributed by atoms with Gasteiger partial charge < -0.3 is 11.2 Å². The number of hydrazone groups is 1. The lowest BCUT2D eigenvalue weighted by Gasteiger charge is -1.93. The minimum Gasteiger partial charge on any atom is -0.356 e. The van der Waals surface area contributed by atoms with E-state index in [4.69, 9.17) is 5.84 Å². The zero-order valence-corrected chi connectivity index (χ0v) is 5.00. The van der Waals surface area contributed by atoms with Gasteiger partial charge in [0.25, 0.3) is 0 Å². The van der Waals surface area contributed by atoms with Crippen molar-refractivity contribution in [3.05, 3.63) is 0 Å². The lowest BCUT2D eigenvalue weighted by atomic mass is 10.1. The van der Waals surface area contributed by atoms with Crippen LogP contribution in [0, 0.1) is 5.92 Å². The van der Waals surface area contributed by atoms with Crippen molar-refractivity contribution in [2.45, 2.75) is 6.42 Å². The van der Waals surface area contributed by atoms with Gasteiger partial charge in [0.1, 0.15) is 0 Å². The summed E-state index contributed by atoms with van der Waals surface area (Å²) in [5, 5.41) is 5.95. The zero-order chi connectivity index (χ0) is 6.69. The smallest absolute Gasteiger partial charge is 0.228 e. The van der Waals surface area contributed by atoms with E-state index in [2.05, 4.69) is 10.4 Å². The Hall–Kier alpha value is -1.06. The highest BCUT2D eigenvalue weighted by atomic mass is 16.2. The molecule has 1 amide bonds. The number of carbonyl (C=O) groups is 1. The molecule has 0 radical (unpaired) electrons. The molecule has 0 aliphatic carbocycles. The topological polar surface area (TPSA) is 67.5 Å². The molecule has 0 spiro atoms. The molecule has 0 saturated carbocycles. The van der Waals surface area contributed by atoms with Crippen LogP contribution in [0.2, 0.25) is 0 Å². The third-order valence-electron chi connectivity index (χ3n) is 1.36. The van der Waals surface area contributed by atoms with Crippen molar-refractivity contribution in [2.75, 3.05) is 6.54 Å². The molecule has 1 aliphatic rings. The molecule has 0 aromatic heterocycles. The van der Waals surface area contributed by atoms with E-state index in [1.54, 1.807) is 0 Å².